The first-order valence-corrected chi connectivity index (χ1v) is 6.52. The molecule has 0 aliphatic rings. The lowest BCUT2D eigenvalue weighted by Crippen LogP contribution is -1.99. The minimum atomic E-state index is -0.276. The maximum Gasteiger partial charge on any atom is 0.129 e. The molecule has 1 aromatic heterocycles. The van der Waals surface area contributed by atoms with E-state index in [1.165, 1.54) is 17.7 Å². The van der Waals surface area contributed by atoms with Crippen molar-refractivity contribution in [2.45, 2.75) is 12.8 Å². The zero-order valence-corrected chi connectivity index (χ0v) is 11.2. The van der Waals surface area contributed by atoms with Crippen LogP contribution < -0.4 is 0 Å². The molecule has 0 spiro atoms. The first-order valence-electron chi connectivity index (χ1n) is 5.99. The van der Waals surface area contributed by atoms with E-state index < -0.39 is 0 Å². The molecule has 0 bridgehead atoms. The van der Waals surface area contributed by atoms with E-state index in [4.69, 9.17) is 11.6 Å². The van der Waals surface area contributed by atoms with Crippen molar-refractivity contribution in [2.24, 2.45) is 0 Å². The molecule has 3 rings (SSSR count). The highest BCUT2D eigenvalue weighted by Gasteiger charge is 2.12. The normalized spacial score (nSPS) is 11.1. The van der Waals surface area contributed by atoms with Crippen LogP contribution in [0.15, 0.2) is 42.5 Å². The fourth-order valence-electron chi connectivity index (χ4n) is 2.17. The summed E-state index contributed by atoms with van der Waals surface area (Å²) >= 11 is 5.95. The lowest BCUT2D eigenvalue weighted by Gasteiger charge is -2.08. The van der Waals surface area contributed by atoms with E-state index in [0.29, 0.717) is 5.82 Å². The van der Waals surface area contributed by atoms with Gasteiger partial charge in [0.15, 0.2) is 0 Å². The summed E-state index contributed by atoms with van der Waals surface area (Å²) in [5.74, 6) is 0.720. The fraction of sp³-hybridized carbons (Fsp3) is 0.133. The zero-order valence-electron chi connectivity index (χ0n) is 10.4. The summed E-state index contributed by atoms with van der Waals surface area (Å²) < 4.78 is 15.3. The molecule has 0 fully saturated rings. The molecule has 0 aliphatic carbocycles. The van der Waals surface area contributed by atoms with Crippen molar-refractivity contribution in [3.05, 3.63) is 59.7 Å². The van der Waals surface area contributed by atoms with Crippen molar-refractivity contribution in [1.29, 1.82) is 0 Å². The van der Waals surface area contributed by atoms with Gasteiger partial charge in [-0.3, -0.25) is 4.57 Å². The molecule has 0 atom stereocenters. The van der Waals surface area contributed by atoms with Crippen molar-refractivity contribution in [3.8, 4) is 5.69 Å². The molecule has 0 radical (unpaired) electrons. The standard InChI is InChI=1S/C15H12ClFN2/c1-10-2-5-12(6-3-10)19-14-8-11(17)4-7-13(14)18-15(19)9-16/h2-8H,9H2,1H3. The number of rotatable bonds is 2. The second-order valence-electron chi connectivity index (χ2n) is 4.47. The van der Waals surface area contributed by atoms with Crippen molar-refractivity contribution < 1.29 is 4.39 Å². The Labute approximate surface area is 115 Å². The number of fused-ring (bicyclic) bond motifs is 1. The second kappa shape index (κ2) is 4.67. The van der Waals surface area contributed by atoms with Gasteiger partial charge in [-0.15, -0.1) is 11.6 Å². The van der Waals surface area contributed by atoms with Gasteiger partial charge in [-0.05, 0) is 31.2 Å². The van der Waals surface area contributed by atoms with E-state index in [-0.39, 0.29) is 11.7 Å². The Kier molecular flexibility index (Phi) is 2.99. The van der Waals surface area contributed by atoms with Crippen LogP contribution in [0.2, 0.25) is 0 Å². The molecule has 0 unspecified atom stereocenters. The molecule has 2 aromatic carbocycles. The number of alkyl halides is 1. The number of hydrogen-bond acceptors (Lipinski definition) is 1. The third kappa shape index (κ3) is 2.10. The molecule has 0 amide bonds. The number of halogens is 2. The summed E-state index contributed by atoms with van der Waals surface area (Å²) in [6, 6.07) is 12.6. The maximum absolute atomic E-state index is 13.4. The Hall–Kier alpha value is -1.87. The molecule has 96 valence electrons. The summed E-state index contributed by atoms with van der Waals surface area (Å²) in [5, 5.41) is 0. The zero-order chi connectivity index (χ0) is 13.4. The Balaban J connectivity index is 2.31. The lowest BCUT2D eigenvalue weighted by molar-refractivity contribution is 0.629. The van der Waals surface area contributed by atoms with Gasteiger partial charge in [0.1, 0.15) is 11.6 Å². The highest BCUT2D eigenvalue weighted by atomic mass is 35.5. The molecule has 0 saturated carbocycles. The van der Waals surface area contributed by atoms with E-state index in [2.05, 4.69) is 4.98 Å². The average molecular weight is 275 g/mol. The Morgan fingerprint density at radius 1 is 1.16 bits per heavy atom. The Bertz CT molecular complexity index is 732. The molecule has 0 aliphatic heterocycles. The predicted octanol–water partition coefficient (Wildman–Crippen LogP) is 4.21. The SMILES string of the molecule is Cc1ccc(-n2c(CCl)nc3ccc(F)cc32)cc1. The van der Waals surface area contributed by atoms with E-state index in [1.807, 2.05) is 35.8 Å². The molecule has 0 N–H and O–H groups in total. The molecule has 0 saturated heterocycles. The van der Waals surface area contributed by atoms with Crippen molar-refractivity contribution in [3.63, 3.8) is 0 Å². The van der Waals surface area contributed by atoms with Crippen LogP contribution in [0.1, 0.15) is 11.4 Å². The van der Waals surface area contributed by atoms with Gasteiger partial charge in [-0.1, -0.05) is 17.7 Å². The topological polar surface area (TPSA) is 17.8 Å². The Morgan fingerprint density at radius 2 is 1.89 bits per heavy atom. The monoisotopic (exact) mass is 274 g/mol. The average Bonchev–Trinajstić information content (AvgIpc) is 2.77. The maximum atomic E-state index is 13.4. The fourth-order valence-corrected chi connectivity index (χ4v) is 2.35. The van der Waals surface area contributed by atoms with Crippen molar-refractivity contribution >= 4 is 22.6 Å². The highest BCUT2D eigenvalue weighted by molar-refractivity contribution is 6.17. The number of nitrogens with zero attached hydrogens (tertiary/aromatic N) is 2. The van der Waals surface area contributed by atoms with Crippen LogP contribution in [0.4, 0.5) is 4.39 Å². The minimum Gasteiger partial charge on any atom is -0.295 e. The third-order valence-corrected chi connectivity index (χ3v) is 3.34. The minimum absolute atomic E-state index is 0.276. The van der Waals surface area contributed by atoms with Crippen LogP contribution >= 0.6 is 11.6 Å². The largest absolute Gasteiger partial charge is 0.295 e. The smallest absolute Gasteiger partial charge is 0.129 e. The molecule has 4 heteroatoms. The van der Waals surface area contributed by atoms with E-state index in [0.717, 1.165) is 16.7 Å². The van der Waals surface area contributed by atoms with Gasteiger partial charge < -0.3 is 0 Å². The van der Waals surface area contributed by atoms with E-state index in [9.17, 15) is 4.39 Å². The van der Waals surface area contributed by atoms with Gasteiger partial charge in [-0.2, -0.15) is 0 Å². The van der Waals surface area contributed by atoms with Gasteiger partial charge in [0.25, 0.3) is 0 Å². The Morgan fingerprint density at radius 3 is 2.58 bits per heavy atom. The van der Waals surface area contributed by atoms with Gasteiger partial charge in [0.05, 0.1) is 16.9 Å². The third-order valence-electron chi connectivity index (χ3n) is 3.10. The van der Waals surface area contributed by atoms with Gasteiger partial charge in [-0.25, -0.2) is 9.37 Å². The van der Waals surface area contributed by atoms with Crippen LogP contribution in [-0.4, -0.2) is 9.55 Å². The van der Waals surface area contributed by atoms with Crippen LogP contribution in [-0.2, 0) is 5.88 Å². The molecule has 19 heavy (non-hydrogen) atoms. The number of aromatic nitrogens is 2. The first-order chi connectivity index (χ1) is 9.19. The highest BCUT2D eigenvalue weighted by Crippen LogP contribution is 2.23. The van der Waals surface area contributed by atoms with Gasteiger partial charge in [0.2, 0.25) is 0 Å². The predicted molar refractivity (Wildman–Crippen MR) is 75.3 cm³/mol. The van der Waals surface area contributed by atoms with E-state index in [1.54, 1.807) is 6.07 Å². The summed E-state index contributed by atoms with van der Waals surface area (Å²) in [6.07, 6.45) is 0. The number of benzene rings is 2. The molecular formula is C15H12ClFN2. The van der Waals surface area contributed by atoms with Crippen LogP contribution in [0, 0.1) is 12.7 Å². The quantitative estimate of drug-likeness (QED) is 0.640. The lowest BCUT2D eigenvalue weighted by atomic mass is 10.2. The van der Waals surface area contributed by atoms with Crippen molar-refractivity contribution in [2.75, 3.05) is 0 Å². The van der Waals surface area contributed by atoms with Crippen LogP contribution in [0.25, 0.3) is 16.7 Å². The second-order valence-corrected chi connectivity index (χ2v) is 4.73. The molecular weight excluding hydrogens is 263 g/mol. The summed E-state index contributed by atoms with van der Waals surface area (Å²) in [6.45, 7) is 2.03. The van der Waals surface area contributed by atoms with Gasteiger partial charge >= 0.3 is 0 Å². The first kappa shape index (κ1) is 12.2. The number of imidazole rings is 1. The van der Waals surface area contributed by atoms with E-state index >= 15 is 0 Å². The summed E-state index contributed by atoms with van der Waals surface area (Å²) in [5.41, 5.74) is 3.60. The molecule has 1 heterocycles. The van der Waals surface area contributed by atoms with Crippen molar-refractivity contribution in [1.82, 2.24) is 9.55 Å². The van der Waals surface area contributed by atoms with Crippen LogP contribution in [0.3, 0.4) is 0 Å². The van der Waals surface area contributed by atoms with Crippen LogP contribution in [0.5, 0.6) is 0 Å². The number of hydrogen-bond donors (Lipinski definition) is 0. The number of aryl methyl sites for hydroxylation is 1. The molecule has 3 aromatic rings. The molecule has 2 nitrogen and oxygen atoms in total. The summed E-state index contributed by atoms with van der Waals surface area (Å²) in [4.78, 5) is 4.44. The summed E-state index contributed by atoms with van der Waals surface area (Å²) in [7, 11) is 0. The van der Waals surface area contributed by atoms with Gasteiger partial charge in [0, 0.05) is 11.8 Å².